The van der Waals surface area contributed by atoms with Crippen molar-refractivity contribution in [3.05, 3.63) is 0 Å². The fourth-order valence-corrected chi connectivity index (χ4v) is 2.43. The lowest BCUT2D eigenvalue weighted by Gasteiger charge is -2.21. The first-order chi connectivity index (χ1) is 9.74. The van der Waals surface area contributed by atoms with Crippen LogP contribution in [0.25, 0.3) is 0 Å². The second kappa shape index (κ2) is 13.2. The van der Waals surface area contributed by atoms with Gasteiger partial charge in [0.25, 0.3) is 0 Å². The van der Waals surface area contributed by atoms with E-state index >= 15 is 0 Å². The Hall–Kier alpha value is -0.530. The molecule has 0 radical (unpaired) electrons. The maximum Gasteiger partial charge on any atom is 0.305 e. The third kappa shape index (κ3) is 9.92. The summed E-state index contributed by atoms with van der Waals surface area (Å²) in [5.41, 5.74) is 6.03. The minimum Gasteiger partial charge on any atom is -0.469 e. The van der Waals surface area contributed by atoms with Gasteiger partial charge in [0.15, 0.2) is 5.96 Å². The molecule has 0 saturated carbocycles. The van der Waals surface area contributed by atoms with Crippen molar-refractivity contribution in [3.63, 3.8) is 0 Å². The molecule has 5 nitrogen and oxygen atoms in total. The molecule has 0 aromatic rings. The van der Waals surface area contributed by atoms with Gasteiger partial charge in [0.1, 0.15) is 0 Å². The number of likely N-dealkylation sites (tertiary alicyclic amines) is 1. The van der Waals surface area contributed by atoms with Crippen molar-refractivity contribution in [1.82, 2.24) is 4.90 Å². The molecule has 1 saturated heterocycles. The van der Waals surface area contributed by atoms with E-state index in [1.807, 2.05) is 0 Å². The van der Waals surface area contributed by atoms with Crippen molar-refractivity contribution in [1.29, 1.82) is 0 Å². The van der Waals surface area contributed by atoms with E-state index in [-0.39, 0.29) is 29.9 Å². The number of hydrogen-bond donors (Lipinski definition) is 1. The number of ether oxygens (including phenoxy) is 1. The number of esters is 1. The number of carbonyl (C=O) groups excluding carboxylic acids is 1. The summed E-state index contributed by atoms with van der Waals surface area (Å²) < 4.78 is 4.60. The van der Waals surface area contributed by atoms with Gasteiger partial charge in [-0.3, -0.25) is 9.79 Å². The van der Waals surface area contributed by atoms with E-state index < -0.39 is 0 Å². The summed E-state index contributed by atoms with van der Waals surface area (Å²) in [6.45, 7) is 2.89. The molecule has 0 aromatic carbocycles. The van der Waals surface area contributed by atoms with Gasteiger partial charge in [-0.25, -0.2) is 0 Å². The summed E-state index contributed by atoms with van der Waals surface area (Å²) in [5, 5.41) is 0. The van der Waals surface area contributed by atoms with Crippen molar-refractivity contribution in [3.8, 4) is 0 Å². The highest BCUT2D eigenvalue weighted by atomic mass is 127. The Balaban J connectivity index is 0.00000400. The Morgan fingerprint density at radius 1 is 1.10 bits per heavy atom. The molecule has 6 heteroatoms. The van der Waals surface area contributed by atoms with Crippen molar-refractivity contribution in [2.24, 2.45) is 10.7 Å². The molecule has 124 valence electrons. The van der Waals surface area contributed by atoms with E-state index in [2.05, 4.69) is 14.6 Å². The molecule has 2 N–H and O–H groups in total. The topological polar surface area (TPSA) is 67.9 Å². The third-order valence-corrected chi connectivity index (χ3v) is 3.72. The molecule has 1 heterocycles. The van der Waals surface area contributed by atoms with E-state index in [1.165, 1.54) is 32.8 Å². The van der Waals surface area contributed by atoms with Crippen LogP contribution in [0.5, 0.6) is 0 Å². The van der Waals surface area contributed by atoms with Crippen LogP contribution in [0.1, 0.15) is 57.8 Å². The molecule has 1 aliphatic rings. The molecule has 0 amide bonds. The average Bonchev–Trinajstić information content (AvgIpc) is 2.74. The standard InChI is InChI=1S/C15H29N3O2.HI/c1-20-14(19)10-6-2-3-7-11-17-15(16)18-12-8-4-5-9-13-18;/h2-13H2,1H3,(H2,16,17);1H. The molecule has 0 atom stereocenters. The van der Waals surface area contributed by atoms with Crippen LogP contribution < -0.4 is 5.73 Å². The van der Waals surface area contributed by atoms with Crippen LogP contribution in [-0.4, -0.2) is 43.6 Å². The minimum absolute atomic E-state index is 0. The Bertz CT molecular complexity index is 303. The van der Waals surface area contributed by atoms with Gasteiger partial charge in [-0.1, -0.05) is 25.7 Å². The highest BCUT2D eigenvalue weighted by Gasteiger charge is 2.10. The zero-order chi connectivity index (χ0) is 14.6. The molecule has 1 rings (SSSR count). The highest BCUT2D eigenvalue weighted by Crippen LogP contribution is 2.09. The fraction of sp³-hybridized carbons (Fsp3) is 0.867. The predicted molar refractivity (Wildman–Crippen MR) is 97.0 cm³/mol. The highest BCUT2D eigenvalue weighted by molar-refractivity contribution is 14.0. The molecule has 0 aliphatic carbocycles. The Labute approximate surface area is 145 Å². The van der Waals surface area contributed by atoms with Crippen LogP contribution in [0, 0.1) is 0 Å². The summed E-state index contributed by atoms with van der Waals surface area (Å²) in [6, 6.07) is 0. The summed E-state index contributed by atoms with van der Waals surface area (Å²) in [4.78, 5) is 17.6. The molecule has 0 aromatic heterocycles. The first-order valence-electron chi connectivity index (χ1n) is 7.85. The lowest BCUT2D eigenvalue weighted by atomic mass is 10.1. The Kier molecular flexibility index (Phi) is 12.8. The molecular weight excluding hydrogens is 381 g/mol. The number of halogens is 1. The molecule has 1 fully saturated rings. The Morgan fingerprint density at radius 2 is 1.71 bits per heavy atom. The number of rotatable bonds is 7. The summed E-state index contributed by atoms with van der Waals surface area (Å²) >= 11 is 0. The van der Waals surface area contributed by atoms with Crippen molar-refractivity contribution in [2.45, 2.75) is 57.8 Å². The molecule has 0 bridgehead atoms. The van der Waals surface area contributed by atoms with Crippen molar-refractivity contribution < 1.29 is 9.53 Å². The van der Waals surface area contributed by atoms with Gasteiger partial charge in [0.05, 0.1) is 7.11 Å². The first kappa shape index (κ1) is 20.5. The predicted octanol–water partition coefficient (Wildman–Crippen LogP) is 2.92. The van der Waals surface area contributed by atoms with E-state index in [1.54, 1.807) is 0 Å². The molecule has 1 aliphatic heterocycles. The number of carbonyl (C=O) groups is 1. The lowest BCUT2D eigenvalue weighted by molar-refractivity contribution is -0.140. The smallest absolute Gasteiger partial charge is 0.305 e. The van der Waals surface area contributed by atoms with Gasteiger partial charge in [-0.05, 0) is 25.7 Å². The number of nitrogens with zero attached hydrogens (tertiary/aromatic N) is 2. The zero-order valence-electron chi connectivity index (χ0n) is 13.2. The SMILES string of the molecule is COC(=O)CCCCCCN=C(N)N1CCCCCC1.I. The van der Waals surface area contributed by atoms with Gasteiger partial charge >= 0.3 is 5.97 Å². The third-order valence-electron chi connectivity index (χ3n) is 3.72. The van der Waals surface area contributed by atoms with Gasteiger partial charge in [-0.15, -0.1) is 24.0 Å². The van der Waals surface area contributed by atoms with E-state index in [0.29, 0.717) is 12.4 Å². The lowest BCUT2D eigenvalue weighted by Crippen LogP contribution is -2.38. The number of nitrogens with two attached hydrogens (primary N) is 1. The molecule has 0 spiro atoms. The van der Waals surface area contributed by atoms with Gasteiger partial charge in [-0.2, -0.15) is 0 Å². The molecular formula is C15H30IN3O2. The number of unbranched alkanes of at least 4 members (excludes halogenated alkanes) is 3. The van der Waals surface area contributed by atoms with Crippen LogP contribution in [-0.2, 0) is 9.53 Å². The van der Waals surface area contributed by atoms with Crippen molar-refractivity contribution >= 4 is 35.9 Å². The van der Waals surface area contributed by atoms with Gasteiger partial charge in [0.2, 0.25) is 0 Å². The largest absolute Gasteiger partial charge is 0.469 e. The maximum atomic E-state index is 10.9. The maximum absolute atomic E-state index is 10.9. The second-order valence-corrected chi connectivity index (χ2v) is 5.38. The quantitative estimate of drug-likeness (QED) is 0.230. The summed E-state index contributed by atoms with van der Waals surface area (Å²) in [6.07, 6.45) is 9.67. The fourth-order valence-electron chi connectivity index (χ4n) is 2.43. The van der Waals surface area contributed by atoms with E-state index in [9.17, 15) is 4.79 Å². The zero-order valence-corrected chi connectivity index (χ0v) is 15.5. The first-order valence-corrected chi connectivity index (χ1v) is 7.85. The van der Waals surface area contributed by atoms with E-state index in [4.69, 9.17) is 5.73 Å². The number of guanidine groups is 1. The normalized spacial score (nSPS) is 16.0. The molecule has 0 unspecified atom stereocenters. The van der Waals surface area contributed by atoms with Crippen LogP contribution in [0.15, 0.2) is 4.99 Å². The Morgan fingerprint density at radius 3 is 2.33 bits per heavy atom. The number of hydrogen-bond acceptors (Lipinski definition) is 3. The van der Waals surface area contributed by atoms with Crippen LogP contribution >= 0.6 is 24.0 Å². The summed E-state index contributed by atoms with van der Waals surface area (Å²) in [7, 11) is 1.43. The number of methoxy groups -OCH3 is 1. The van der Waals surface area contributed by atoms with Crippen LogP contribution in [0.2, 0.25) is 0 Å². The average molecular weight is 411 g/mol. The summed E-state index contributed by atoms with van der Waals surface area (Å²) in [5.74, 6) is 0.592. The van der Waals surface area contributed by atoms with Gasteiger partial charge < -0.3 is 15.4 Å². The van der Waals surface area contributed by atoms with E-state index in [0.717, 1.165) is 45.3 Å². The van der Waals surface area contributed by atoms with Crippen LogP contribution in [0.3, 0.4) is 0 Å². The number of aliphatic imine (C=N–C) groups is 1. The van der Waals surface area contributed by atoms with Gasteiger partial charge in [0, 0.05) is 26.1 Å². The monoisotopic (exact) mass is 411 g/mol. The van der Waals surface area contributed by atoms with Crippen LogP contribution in [0.4, 0.5) is 0 Å². The second-order valence-electron chi connectivity index (χ2n) is 5.38. The van der Waals surface area contributed by atoms with Crippen molar-refractivity contribution in [2.75, 3.05) is 26.7 Å². The molecule has 21 heavy (non-hydrogen) atoms. The minimum atomic E-state index is -0.117.